The summed E-state index contributed by atoms with van der Waals surface area (Å²) >= 11 is 0. The van der Waals surface area contributed by atoms with Crippen LogP contribution in [0.1, 0.15) is 12.5 Å². The Bertz CT molecular complexity index is 743. The van der Waals surface area contributed by atoms with Gasteiger partial charge in [0, 0.05) is 6.54 Å². The number of anilines is 1. The predicted molar refractivity (Wildman–Crippen MR) is 78.1 cm³/mol. The van der Waals surface area contributed by atoms with Crippen LogP contribution in [0.25, 0.3) is 0 Å². The van der Waals surface area contributed by atoms with Crippen molar-refractivity contribution in [2.45, 2.75) is 18.0 Å². The van der Waals surface area contributed by atoms with Crippen molar-refractivity contribution in [2.75, 3.05) is 10.8 Å². The van der Waals surface area contributed by atoms with E-state index in [0.717, 1.165) is 16.4 Å². The van der Waals surface area contributed by atoms with Gasteiger partial charge in [0.2, 0.25) is 0 Å². The van der Waals surface area contributed by atoms with Gasteiger partial charge in [0.25, 0.3) is 10.0 Å². The van der Waals surface area contributed by atoms with Crippen LogP contribution < -0.4 is 4.31 Å². The Morgan fingerprint density at radius 1 is 0.955 bits per heavy atom. The molecule has 0 aliphatic carbocycles. The molecule has 0 aliphatic heterocycles. The number of alkyl halides is 3. The molecule has 0 atom stereocenters. The summed E-state index contributed by atoms with van der Waals surface area (Å²) in [7, 11) is -4.30. The summed E-state index contributed by atoms with van der Waals surface area (Å²) in [6.45, 7) is 1.60. The molecule has 0 spiro atoms. The molecule has 0 heterocycles. The van der Waals surface area contributed by atoms with Crippen LogP contribution in [0.2, 0.25) is 0 Å². The van der Waals surface area contributed by atoms with Gasteiger partial charge < -0.3 is 0 Å². The smallest absolute Gasteiger partial charge is 0.267 e. The molecule has 0 amide bonds. The standard InChI is InChI=1S/C15H14F3NO2S/c1-2-19(12-8-4-3-5-9-12)22(20,21)14-11-7-6-10-13(14)15(16,17)18/h3-11H,2H2,1H3. The lowest BCUT2D eigenvalue weighted by Crippen LogP contribution is -2.32. The molecule has 2 aromatic rings. The van der Waals surface area contributed by atoms with Crippen LogP contribution in [0.15, 0.2) is 59.5 Å². The van der Waals surface area contributed by atoms with E-state index in [1.807, 2.05) is 0 Å². The first-order valence-corrected chi connectivity index (χ1v) is 7.96. The van der Waals surface area contributed by atoms with Crippen molar-refractivity contribution in [3.05, 3.63) is 60.2 Å². The summed E-state index contributed by atoms with van der Waals surface area (Å²) in [6.07, 6.45) is -4.74. The van der Waals surface area contributed by atoms with Gasteiger partial charge in [-0.05, 0) is 31.2 Å². The molecule has 0 fully saturated rings. The number of nitrogens with zero attached hydrogens (tertiary/aromatic N) is 1. The average Bonchev–Trinajstić information content (AvgIpc) is 2.48. The van der Waals surface area contributed by atoms with Crippen LogP contribution in [0, 0.1) is 0 Å². The lowest BCUT2D eigenvalue weighted by Gasteiger charge is -2.24. The second kappa shape index (κ2) is 6.00. The van der Waals surface area contributed by atoms with Gasteiger partial charge in [-0.15, -0.1) is 0 Å². The summed E-state index contributed by atoms with van der Waals surface area (Å²) < 4.78 is 65.5. The quantitative estimate of drug-likeness (QED) is 0.852. The second-order valence-electron chi connectivity index (χ2n) is 4.50. The molecule has 0 aromatic heterocycles. The molecular formula is C15H14F3NO2S. The van der Waals surface area contributed by atoms with E-state index in [0.29, 0.717) is 5.69 Å². The van der Waals surface area contributed by atoms with E-state index >= 15 is 0 Å². The summed E-state index contributed by atoms with van der Waals surface area (Å²) in [5, 5.41) is 0. The molecule has 0 bridgehead atoms. The van der Waals surface area contributed by atoms with Crippen molar-refractivity contribution in [1.82, 2.24) is 0 Å². The molecule has 0 N–H and O–H groups in total. The number of hydrogen-bond donors (Lipinski definition) is 0. The van der Waals surface area contributed by atoms with Crippen LogP contribution >= 0.6 is 0 Å². The second-order valence-corrected chi connectivity index (χ2v) is 6.33. The van der Waals surface area contributed by atoms with E-state index in [4.69, 9.17) is 0 Å². The third-order valence-corrected chi connectivity index (χ3v) is 5.05. The van der Waals surface area contributed by atoms with Crippen molar-refractivity contribution in [3.63, 3.8) is 0 Å². The molecule has 2 aromatic carbocycles. The minimum Gasteiger partial charge on any atom is -0.267 e. The Balaban J connectivity index is 2.60. The van der Waals surface area contributed by atoms with E-state index in [1.165, 1.54) is 24.3 Å². The molecule has 3 nitrogen and oxygen atoms in total. The predicted octanol–water partition coefficient (Wildman–Crippen LogP) is 3.92. The first-order chi connectivity index (χ1) is 10.3. The van der Waals surface area contributed by atoms with Crippen LogP contribution in [0.5, 0.6) is 0 Å². The Kier molecular flexibility index (Phi) is 4.46. The monoisotopic (exact) mass is 329 g/mol. The van der Waals surface area contributed by atoms with E-state index in [2.05, 4.69) is 0 Å². The molecule has 0 saturated heterocycles. The third-order valence-electron chi connectivity index (χ3n) is 3.09. The number of halogens is 3. The third kappa shape index (κ3) is 3.09. The molecule has 2 rings (SSSR count). The Labute approximate surface area is 127 Å². The van der Waals surface area contributed by atoms with Gasteiger partial charge in [0.05, 0.1) is 16.1 Å². The number of para-hydroxylation sites is 1. The minimum absolute atomic E-state index is 0.0263. The maximum absolute atomic E-state index is 13.1. The molecule has 0 aliphatic rings. The Hall–Kier alpha value is -2.02. The Morgan fingerprint density at radius 2 is 1.50 bits per heavy atom. The highest BCUT2D eigenvalue weighted by molar-refractivity contribution is 7.92. The minimum atomic E-state index is -4.74. The zero-order valence-corrected chi connectivity index (χ0v) is 12.5. The molecule has 7 heteroatoms. The lowest BCUT2D eigenvalue weighted by atomic mass is 10.2. The summed E-state index contributed by atoms with van der Waals surface area (Å²) in [5.74, 6) is 0. The maximum Gasteiger partial charge on any atom is 0.417 e. The van der Waals surface area contributed by atoms with Gasteiger partial charge >= 0.3 is 6.18 Å². The fourth-order valence-electron chi connectivity index (χ4n) is 2.13. The van der Waals surface area contributed by atoms with Crippen molar-refractivity contribution < 1.29 is 21.6 Å². The van der Waals surface area contributed by atoms with E-state index in [-0.39, 0.29) is 6.54 Å². The van der Waals surface area contributed by atoms with Gasteiger partial charge in [0.15, 0.2) is 0 Å². The lowest BCUT2D eigenvalue weighted by molar-refractivity contribution is -0.139. The molecule has 0 unspecified atom stereocenters. The fourth-order valence-corrected chi connectivity index (χ4v) is 3.82. The zero-order chi connectivity index (χ0) is 16.4. The largest absolute Gasteiger partial charge is 0.417 e. The normalized spacial score (nSPS) is 12.2. The van der Waals surface area contributed by atoms with Crippen LogP contribution in [0.3, 0.4) is 0 Å². The first-order valence-electron chi connectivity index (χ1n) is 6.52. The molecule has 0 saturated carbocycles. The van der Waals surface area contributed by atoms with Crippen LogP contribution in [0.4, 0.5) is 18.9 Å². The van der Waals surface area contributed by atoms with Gasteiger partial charge in [-0.1, -0.05) is 30.3 Å². The van der Waals surface area contributed by atoms with Gasteiger partial charge in [-0.2, -0.15) is 13.2 Å². The maximum atomic E-state index is 13.1. The SMILES string of the molecule is CCN(c1ccccc1)S(=O)(=O)c1ccccc1C(F)(F)F. The van der Waals surface area contributed by atoms with E-state index in [9.17, 15) is 21.6 Å². The van der Waals surface area contributed by atoms with Crippen LogP contribution in [-0.4, -0.2) is 15.0 Å². The number of rotatable bonds is 4. The van der Waals surface area contributed by atoms with E-state index in [1.54, 1.807) is 25.1 Å². The summed E-state index contributed by atoms with van der Waals surface area (Å²) in [4.78, 5) is -0.742. The van der Waals surface area contributed by atoms with Crippen molar-refractivity contribution >= 4 is 15.7 Å². The van der Waals surface area contributed by atoms with Crippen molar-refractivity contribution in [1.29, 1.82) is 0 Å². The molecule has 22 heavy (non-hydrogen) atoms. The zero-order valence-electron chi connectivity index (χ0n) is 11.7. The van der Waals surface area contributed by atoms with Gasteiger partial charge in [-0.25, -0.2) is 8.42 Å². The summed E-state index contributed by atoms with van der Waals surface area (Å²) in [6, 6.07) is 12.2. The topological polar surface area (TPSA) is 37.4 Å². The first kappa shape index (κ1) is 16.4. The molecular weight excluding hydrogens is 315 g/mol. The highest BCUT2D eigenvalue weighted by Crippen LogP contribution is 2.36. The fraction of sp³-hybridized carbons (Fsp3) is 0.200. The van der Waals surface area contributed by atoms with Crippen molar-refractivity contribution in [2.24, 2.45) is 0 Å². The molecule has 0 radical (unpaired) electrons. The number of benzene rings is 2. The van der Waals surface area contributed by atoms with E-state index < -0.39 is 26.7 Å². The van der Waals surface area contributed by atoms with Crippen molar-refractivity contribution in [3.8, 4) is 0 Å². The van der Waals surface area contributed by atoms with Crippen LogP contribution in [-0.2, 0) is 16.2 Å². The number of hydrogen-bond acceptors (Lipinski definition) is 2. The van der Waals surface area contributed by atoms with Gasteiger partial charge in [0.1, 0.15) is 0 Å². The Morgan fingerprint density at radius 3 is 2.05 bits per heavy atom. The highest BCUT2D eigenvalue weighted by Gasteiger charge is 2.38. The summed E-state index contributed by atoms with van der Waals surface area (Å²) in [5.41, 5.74) is -0.841. The highest BCUT2D eigenvalue weighted by atomic mass is 32.2. The van der Waals surface area contributed by atoms with Gasteiger partial charge in [-0.3, -0.25) is 4.31 Å². The molecule has 118 valence electrons. The number of sulfonamides is 1. The average molecular weight is 329 g/mol.